The quantitative estimate of drug-likeness (QED) is 0.902. The summed E-state index contributed by atoms with van der Waals surface area (Å²) in [4.78, 5) is 40.1. The Morgan fingerprint density at radius 2 is 2.09 bits per heavy atom. The van der Waals surface area contributed by atoms with Crippen LogP contribution in [0.5, 0.6) is 0 Å². The zero-order valence-corrected chi connectivity index (χ0v) is 12.8. The Morgan fingerprint density at radius 3 is 2.83 bits per heavy atom. The molecule has 7 heteroatoms. The number of hydrogen-bond acceptors (Lipinski definition) is 3. The molecule has 23 heavy (non-hydrogen) atoms. The van der Waals surface area contributed by atoms with Crippen LogP contribution < -0.4 is 15.8 Å². The van der Waals surface area contributed by atoms with Crippen molar-refractivity contribution in [3.8, 4) is 0 Å². The summed E-state index contributed by atoms with van der Waals surface area (Å²) in [6, 6.07) is 10.1. The van der Waals surface area contributed by atoms with E-state index >= 15 is 0 Å². The second kappa shape index (κ2) is 6.26. The average molecular weight is 332 g/mol. The van der Waals surface area contributed by atoms with Gasteiger partial charge in [0.1, 0.15) is 5.69 Å². The first-order valence-corrected chi connectivity index (χ1v) is 7.47. The molecule has 118 valence electrons. The monoisotopic (exact) mass is 331 g/mol. The number of pyridine rings is 1. The zero-order valence-electron chi connectivity index (χ0n) is 12.1. The summed E-state index contributed by atoms with van der Waals surface area (Å²) in [5.74, 6) is -1.00. The lowest BCUT2D eigenvalue weighted by Crippen LogP contribution is -2.29. The van der Waals surface area contributed by atoms with E-state index in [2.05, 4.69) is 10.3 Å². The molecule has 1 aromatic heterocycles. The molecule has 0 spiro atoms. The second-order valence-corrected chi connectivity index (χ2v) is 5.72. The van der Waals surface area contributed by atoms with Crippen molar-refractivity contribution in [1.29, 1.82) is 0 Å². The highest BCUT2D eigenvalue weighted by atomic mass is 35.5. The molecule has 6 nitrogen and oxygen atoms in total. The lowest BCUT2D eigenvalue weighted by molar-refractivity contribution is -0.122. The number of benzene rings is 1. The van der Waals surface area contributed by atoms with Crippen molar-refractivity contribution in [2.45, 2.75) is 6.42 Å². The van der Waals surface area contributed by atoms with Gasteiger partial charge >= 0.3 is 0 Å². The third-order valence-corrected chi connectivity index (χ3v) is 3.93. The minimum Gasteiger partial charge on any atom is -0.327 e. The van der Waals surface area contributed by atoms with Crippen molar-refractivity contribution in [2.75, 3.05) is 16.8 Å². The van der Waals surface area contributed by atoms with Crippen LogP contribution in [-0.2, 0) is 9.59 Å². The molecule has 2 heterocycles. The van der Waals surface area contributed by atoms with Crippen molar-refractivity contribution in [3.63, 3.8) is 0 Å². The van der Waals surface area contributed by atoms with E-state index < -0.39 is 5.92 Å². The van der Waals surface area contributed by atoms with E-state index in [1.165, 1.54) is 17.2 Å². The van der Waals surface area contributed by atoms with Crippen molar-refractivity contribution in [2.24, 2.45) is 5.92 Å². The fraction of sp³-hybridized carbons (Fsp3) is 0.188. The van der Waals surface area contributed by atoms with E-state index in [9.17, 15) is 14.4 Å². The van der Waals surface area contributed by atoms with Gasteiger partial charge in [-0.15, -0.1) is 0 Å². The van der Waals surface area contributed by atoms with Crippen LogP contribution in [0.1, 0.15) is 6.42 Å². The van der Waals surface area contributed by atoms with Crippen molar-refractivity contribution in [3.05, 3.63) is 58.0 Å². The van der Waals surface area contributed by atoms with Crippen LogP contribution in [-0.4, -0.2) is 23.3 Å². The molecule has 2 N–H and O–H groups in total. The number of rotatable bonds is 3. The van der Waals surface area contributed by atoms with Gasteiger partial charge in [0.05, 0.1) is 5.92 Å². The van der Waals surface area contributed by atoms with Gasteiger partial charge in [0, 0.05) is 29.9 Å². The number of carbonyl (C=O) groups is 2. The standard InChI is InChI=1S/C16H14ClN3O3/c17-11-3-1-4-12(8-11)20-9-10(7-14(20)21)15(22)19-13-5-2-6-18-16(13)23/h1-6,8,10H,7,9H2,(H,18,23)(H,19,22)/t10-/m0/s1. The van der Waals surface area contributed by atoms with Gasteiger partial charge in [-0.25, -0.2) is 0 Å². The van der Waals surface area contributed by atoms with Crippen molar-refractivity contribution < 1.29 is 9.59 Å². The molecule has 0 aliphatic carbocycles. The van der Waals surface area contributed by atoms with Gasteiger partial charge in [-0.3, -0.25) is 14.4 Å². The Labute approximate surface area is 137 Å². The largest absolute Gasteiger partial charge is 0.327 e. The molecule has 0 radical (unpaired) electrons. The number of hydrogen-bond donors (Lipinski definition) is 2. The molecule has 1 aliphatic rings. The summed E-state index contributed by atoms with van der Waals surface area (Å²) >= 11 is 5.94. The predicted octanol–water partition coefficient (Wildman–Crippen LogP) is 2.02. The van der Waals surface area contributed by atoms with Gasteiger partial charge in [-0.1, -0.05) is 17.7 Å². The maximum atomic E-state index is 12.3. The minimum atomic E-state index is -0.513. The lowest BCUT2D eigenvalue weighted by Gasteiger charge is -2.16. The Bertz CT molecular complexity index is 818. The molecule has 1 saturated heterocycles. The fourth-order valence-corrected chi connectivity index (χ4v) is 2.72. The highest BCUT2D eigenvalue weighted by Gasteiger charge is 2.35. The summed E-state index contributed by atoms with van der Waals surface area (Å²) in [7, 11) is 0. The van der Waals surface area contributed by atoms with Gasteiger partial charge in [0.15, 0.2) is 0 Å². The van der Waals surface area contributed by atoms with Crippen LogP contribution in [0, 0.1) is 5.92 Å². The molecule has 0 bridgehead atoms. The summed E-state index contributed by atoms with van der Waals surface area (Å²) in [6.45, 7) is 0.260. The molecule has 0 saturated carbocycles. The summed E-state index contributed by atoms with van der Waals surface area (Å²) < 4.78 is 0. The van der Waals surface area contributed by atoms with E-state index in [1.807, 2.05) is 0 Å². The molecule has 1 aromatic carbocycles. The van der Waals surface area contributed by atoms with Crippen LogP contribution in [0.25, 0.3) is 0 Å². The fourth-order valence-electron chi connectivity index (χ4n) is 2.53. The van der Waals surface area contributed by atoms with Crippen LogP contribution in [0.15, 0.2) is 47.4 Å². The Kier molecular flexibility index (Phi) is 4.16. The predicted molar refractivity (Wildman–Crippen MR) is 87.6 cm³/mol. The summed E-state index contributed by atoms with van der Waals surface area (Å²) in [5.41, 5.74) is 0.457. The number of carbonyl (C=O) groups excluding carboxylic acids is 2. The highest BCUT2D eigenvalue weighted by Crippen LogP contribution is 2.27. The van der Waals surface area contributed by atoms with E-state index in [-0.39, 0.29) is 36.0 Å². The smallest absolute Gasteiger partial charge is 0.271 e. The molecule has 2 aromatic rings. The summed E-state index contributed by atoms with van der Waals surface area (Å²) in [5, 5.41) is 3.10. The third-order valence-electron chi connectivity index (χ3n) is 3.69. The van der Waals surface area contributed by atoms with E-state index in [4.69, 9.17) is 11.6 Å². The Balaban J connectivity index is 1.73. The average Bonchev–Trinajstić information content (AvgIpc) is 2.92. The molecule has 1 atom stereocenters. The van der Waals surface area contributed by atoms with Crippen LogP contribution in [0.2, 0.25) is 5.02 Å². The molecular formula is C16H14ClN3O3. The minimum absolute atomic E-state index is 0.100. The number of H-pyrrole nitrogens is 1. The van der Waals surface area contributed by atoms with Gasteiger partial charge in [0.25, 0.3) is 5.56 Å². The Hall–Kier alpha value is -2.60. The van der Waals surface area contributed by atoms with E-state index in [1.54, 1.807) is 30.3 Å². The van der Waals surface area contributed by atoms with Gasteiger partial charge in [-0.2, -0.15) is 0 Å². The molecule has 2 amide bonds. The van der Waals surface area contributed by atoms with Crippen LogP contribution in [0.3, 0.4) is 0 Å². The van der Waals surface area contributed by atoms with Gasteiger partial charge in [-0.05, 0) is 30.3 Å². The van der Waals surface area contributed by atoms with E-state index in [0.29, 0.717) is 10.7 Å². The first kappa shape index (κ1) is 15.3. The molecule has 0 unspecified atom stereocenters. The SMILES string of the molecule is O=C(Nc1ccc[nH]c1=O)[C@H]1CC(=O)N(c2cccc(Cl)c2)C1. The number of nitrogens with one attached hydrogen (secondary N) is 2. The molecule has 1 fully saturated rings. The number of halogens is 1. The zero-order chi connectivity index (χ0) is 16.4. The molecular weight excluding hydrogens is 318 g/mol. The first-order valence-electron chi connectivity index (χ1n) is 7.09. The number of anilines is 2. The van der Waals surface area contributed by atoms with Crippen molar-refractivity contribution in [1.82, 2.24) is 4.98 Å². The first-order chi connectivity index (χ1) is 11.0. The number of aromatic amines is 1. The van der Waals surface area contributed by atoms with E-state index in [0.717, 1.165) is 0 Å². The van der Waals surface area contributed by atoms with Crippen LogP contribution in [0.4, 0.5) is 11.4 Å². The highest BCUT2D eigenvalue weighted by molar-refractivity contribution is 6.31. The van der Waals surface area contributed by atoms with Crippen LogP contribution >= 0.6 is 11.6 Å². The third kappa shape index (κ3) is 3.27. The Morgan fingerprint density at radius 1 is 1.26 bits per heavy atom. The molecule has 1 aliphatic heterocycles. The second-order valence-electron chi connectivity index (χ2n) is 5.29. The topological polar surface area (TPSA) is 82.3 Å². The normalized spacial score (nSPS) is 17.3. The maximum absolute atomic E-state index is 12.3. The number of aromatic nitrogens is 1. The number of nitrogens with zero attached hydrogens (tertiary/aromatic N) is 1. The lowest BCUT2D eigenvalue weighted by atomic mass is 10.1. The maximum Gasteiger partial charge on any atom is 0.271 e. The van der Waals surface area contributed by atoms with Gasteiger partial charge in [0.2, 0.25) is 11.8 Å². The number of amides is 2. The molecule has 3 rings (SSSR count). The van der Waals surface area contributed by atoms with Gasteiger partial charge < -0.3 is 15.2 Å². The summed E-state index contributed by atoms with van der Waals surface area (Å²) in [6.07, 6.45) is 1.58. The van der Waals surface area contributed by atoms with Crippen molar-refractivity contribution >= 4 is 34.8 Å².